The Morgan fingerprint density at radius 2 is 1.86 bits per heavy atom. The number of methoxy groups -OCH3 is 1. The number of nitrogens with zero attached hydrogens (tertiary/aromatic N) is 3. The first-order chi connectivity index (χ1) is 14.1. The third-order valence-corrected chi connectivity index (χ3v) is 5.42. The zero-order chi connectivity index (χ0) is 20.6. The van der Waals surface area contributed by atoms with Crippen molar-refractivity contribution < 1.29 is 14.3 Å². The molecule has 6 nitrogen and oxygen atoms in total. The fraction of sp³-hybridized carbons (Fsp3) is 0.522. The van der Waals surface area contributed by atoms with E-state index in [2.05, 4.69) is 24.0 Å². The number of hydrogen-bond acceptors (Lipinski definition) is 5. The quantitative estimate of drug-likeness (QED) is 0.640. The van der Waals surface area contributed by atoms with E-state index in [1.807, 2.05) is 30.2 Å². The van der Waals surface area contributed by atoms with Crippen LogP contribution in [-0.2, 0) is 27.3 Å². The van der Waals surface area contributed by atoms with Gasteiger partial charge in [-0.2, -0.15) is 0 Å². The Kier molecular flexibility index (Phi) is 7.72. The molecule has 1 aliphatic rings. The van der Waals surface area contributed by atoms with Crippen LogP contribution in [0.4, 0.5) is 0 Å². The second-order valence-corrected chi connectivity index (χ2v) is 7.69. The predicted molar refractivity (Wildman–Crippen MR) is 112 cm³/mol. The minimum atomic E-state index is 0.203. The van der Waals surface area contributed by atoms with Crippen molar-refractivity contribution in [2.24, 2.45) is 0 Å². The van der Waals surface area contributed by atoms with Crippen LogP contribution in [-0.4, -0.2) is 54.2 Å². The van der Waals surface area contributed by atoms with Crippen molar-refractivity contribution in [1.82, 2.24) is 14.9 Å². The van der Waals surface area contributed by atoms with Gasteiger partial charge in [-0.3, -0.25) is 4.79 Å². The number of carbonyl (C=O) groups is 1. The molecule has 1 aliphatic heterocycles. The monoisotopic (exact) mass is 397 g/mol. The van der Waals surface area contributed by atoms with Gasteiger partial charge in [-0.05, 0) is 32.3 Å². The fourth-order valence-corrected chi connectivity index (χ4v) is 3.70. The number of carbonyl (C=O) groups excluding carboxylic acids is 1. The lowest BCUT2D eigenvalue weighted by atomic mass is 9.90. The van der Waals surface area contributed by atoms with Gasteiger partial charge in [0.1, 0.15) is 5.82 Å². The first-order valence-corrected chi connectivity index (χ1v) is 10.3. The first kappa shape index (κ1) is 21.4. The van der Waals surface area contributed by atoms with Gasteiger partial charge in [-0.1, -0.05) is 29.8 Å². The summed E-state index contributed by atoms with van der Waals surface area (Å²) in [5.41, 5.74) is 4.39. The van der Waals surface area contributed by atoms with Crippen LogP contribution in [0.5, 0.6) is 0 Å². The van der Waals surface area contributed by atoms with Crippen LogP contribution in [0.1, 0.15) is 47.0 Å². The third kappa shape index (κ3) is 6.08. The molecule has 3 rings (SSSR count). The summed E-state index contributed by atoms with van der Waals surface area (Å²) in [4.78, 5) is 23.7. The molecule has 2 heterocycles. The van der Waals surface area contributed by atoms with E-state index in [1.165, 1.54) is 5.56 Å². The smallest absolute Gasteiger partial charge is 0.226 e. The number of benzene rings is 1. The average molecular weight is 398 g/mol. The molecule has 0 bridgehead atoms. The standard InChI is InChI=1S/C23H31N3O3/c1-17-4-6-19(7-5-17)14-22(27)26-10-8-20(9-11-26)23-21(15-24-18(2)25-23)16-29-13-12-28-3/h4-7,15,20H,8-14,16H2,1-3H3. The molecule has 0 saturated carbocycles. The van der Waals surface area contributed by atoms with Crippen molar-refractivity contribution in [3.05, 3.63) is 58.7 Å². The van der Waals surface area contributed by atoms with Gasteiger partial charge in [0, 0.05) is 37.9 Å². The summed E-state index contributed by atoms with van der Waals surface area (Å²) in [6.07, 6.45) is 4.18. The molecule has 29 heavy (non-hydrogen) atoms. The van der Waals surface area contributed by atoms with Crippen molar-refractivity contribution in [2.45, 2.75) is 45.6 Å². The Morgan fingerprint density at radius 1 is 1.14 bits per heavy atom. The molecule has 0 radical (unpaired) electrons. The van der Waals surface area contributed by atoms with Crippen LogP contribution in [0, 0.1) is 13.8 Å². The highest BCUT2D eigenvalue weighted by Gasteiger charge is 2.26. The number of aryl methyl sites for hydroxylation is 2. The van der Waals surface area contributed by atoms with E-state index in [9.17, 15) is 4.79 Å². The molecule has 0 spiro atoms. The summed E-state index contributed by atoms with van der Waals surface area (Å²) in [5, 5.41) is 0. The fourth-order valence-electron chi connectivity index (χ4n) is 3.70. The van der Waals surface area contributed by atoms with E-state index < -0.39 is 0 Å². The number of amides is 1. The summed E-state index contributed by atoms with van der Waals surface area (Å²) in [7, 11) is 1.66. The van der Waals surface area contributed by atoms with Gasteiger partial charge in [0.25, 0.3) is 0 Å². The van der Waals surface area contributed by atoms with Crippen molar-refractivity contribution in [2.75, 3.05) is 33.4 Å². The normalized spacial score (nSPS) is 14.9. The van der Waals surface area contributed by atoms with Gasteiger partial charge in [0.2, 0.25) is 5.91 Å². The van der Waals surface area contributed by atoms with E-state index in [0.717, 1.165) is 48.6 Å². The van der Waals surface area contributed by atoms with E-state index >= 15 is 0 Å². The Hall–Kier alpha value is -2.31. The van der Waals surface area contributed by atoms with Crippen molar-refractivity contribution in [1.29, 1.82) is 0 Å². The molecule has 156 valence electrons. The molecule has 0 unspecified atom stereocenters. The third-order valence-electron chi connectivity index (χ3n) is 5.42. The van der Waals surface area contributed by atoms with E-state index in [4.69, 9.17) is 14.5 Å². The molecule has 2 aromatic rings. The zero-order valence-electron chi connectivity index (χ0n) is 17.7. The maximum absolute atomic E-state index is 12.7. The van der Waals surface area contributed by atoms with Gasteiger partial charge >= 0.3 is 0 Å². The maximum atomic E-state index is 12.7. The van der Waals surface area contributed by atoms with Crippen LogP contribution >= 0.6 is 0 Å². The molecule has 1 fully saturated rings. The Labute approximate surface area is 173 Å². The van der Waals surface area contributed by atoms with Crippen molar-refractivity contribution >= 4 is 5.91 Å². The molecule has 0 N–H and O–H groups in total. The van der Waals surface area contributed by atoms with Gasteiger partial charge in [-0.25, -0.2) is 9.97 Å². The van der Waals surface area contributed by atoms with Crippen molar-refractivity contribution in [3.8, 4) is 0 Å². The summed E-state index contributed by atoms with van der Waals surface area (Å²) < 4.78 is 10.7. The molecule has 1 aromatic heterocycles. The van der Waals surface area contributed by atoms with Gasteiger partial charge in [0.15, 0.2) is 0 Å². The van der Waals surface area contributed by atoms with E-state index in [-0.39, 0.29) is 5.91 Å². The lowest BCUT2D eigenvalue weighted by molar-refractivity contribution is -0.131. The lowest BCUT2D eigenvalue weighted by Crippen LogP contribution is -2.39. The number of hydrogen-bond donors (Lipinski definition) is 0. The molecular weight excluding hydrogens is 366 g/mol. The van der Waals surface area contributed by atoms with Crippen LogP contribution < -0.4 is 0 Å². The predicted octanol–water partition coefficient (Wildman–Crippen LogP) is 3.21. The van der Waals surface area contributed by atoms with Crippen LogP contribution in [0.3, 0.4) is 0 Å². The van der Waals surface area contributed by atoms with Crippen molar-refractivity contribution in [3.63, 3.8) is 0 Å². The second-order valence-electron chi connectivity index (χ2n) is 7.69. The largest absolute Gasteiger partial charge is 0.382 e. The molecular formula is C23H31N3O3. The Morgan fingerprint density at radius 3 is 2.55 bits per heavy atom. The van der Waals surface area contributed by atoms with Crippen LogP contribution in [0.25, 0.3) is 0 Å². The van der Waals surface area contributed by atoms with Crippen LogP contribution in [0.15, 0.2) is 30.5 Å². The summed E-state index contributed by atoms with van der Waals surface area (Å²) in [6, 6.07) is 8.20. The summed E-state index contributed by atoms with van der Waals surface area (Å²) in [5.74, 6) is 1.31. The SMILES string of the molecule is COCCOCc1cnc(C)nc1C1CCN(C(=O)Cc2ccc(C)cc2)CC1. The summed E-state index contributed by atoms with van der Waals surface area (Å²) in [6.45, 7) is 7.12. The van der Waals surface area contributed by atoms with Gasteiger partial charge < -0.3 is 14.4 Å². The van der Waals surface area contributed by atoms with E-state index in [0.29, 0.717) is 32.2 Å². The molecule has 1 saturated heterocycles. The number of likely N-dealkylation sites (tertiary alicyclic amines) is 1. The van der Waals surface area contributed by atoms with Gasteiger partial charge in [-0.15, -0.1) is 0 Å². The number of ether oxygens (including phenoxy) is 2. The topological polar surface area (TPSA) is 64.6 Å². The second kappa shape index (κ2) is 10.5. The first-order valence-electron chi connectivity index (χ1n) is 10.3. The average Bonchev–Trinajstić information content (AvgIpc) is 2.74. The number of aromatic nitrogens is 2. The highest BCUT2D eigenvalue weighted by atomic mass is 16.5. The summed E-state index contributed by atoms with van der Waals surface area (Å²) >= 11 is 0. The Bertz CT molecular complexity index is 800. The molecule has 0 atom stereocenters. The number of rotatable bonds is 8. The minimum absolute atomic E-state index is 0.203. The van der Waals surface area contributed by atoms with E-state index in [1.54, 1.807) is 7.11 Å². The number of piperidine rings is 1. The lowest BCUT2D eigenvalue weighted by Gasteiger charge is -2.32. The highest BCUT2D eigenvalue weighted by Crippen LogP contribution is 2.29. The zero-order valence-corrected chi connectivity index (χ0v) is 17.7. The van der Waals surface area contributed by atoms with Gasteiger partial charge in [0.05, 0.1) is 31.9 Å². The molecule has 6 heteroatoms. The molecule has 1 amide bonds. The Balaban J connectivity index is 1.57. The highest BCUT2D eigenvalue weighted by molar-refractivity contribution is 5.78. The molecule has 0 aliphatic carbocycles. The molecule has 1 aromatic carbocycles. The minimum Gasteiger partial charge on any atom is -0.382 e. The maximum Gasteiger partial charge on any atom is 0.226 e. The van der Waals surface area contributed by atoms with Crippen LogP contribution in [0.2, 0.25) is 0 Å².